The summed E-state index contributed by atoms with van der Waals surface area (Å²) in [6.45, 7) is 2.20. The summed E-state index contributed by atoms with van der Waals surface area (Å²) in [5.41, 5.74) is 0. The zero-order chi connectivity index (χ0) is 14.5. The van der Waals surface area contributed by atoms with E-state index in [0.717, 1.165) is 53.3 Å². The lowest BCUT2D eigenvalue weighted by molar-refractivity contribution is -0.140. The average molecular weight is 296 g/mol. The van der Waals surface area contributed by atoms with E-state index in [4.69, 9.17) is 4.74 Å². The van der Waals surface area contributed by atoms with Crippen LogP contribution in [0, 0.1) is 23.5 Å². The molecular weight excluding hydrogens is 278 g/mol. The fraction of sp³-hybridized carbons (Fsp3) is 0.533. The van der Waals surface area contributed by atoms with Crippen LogP contribution in [0.2, 0.25) is 12.6 Å². The molecule has 0 amide bonds. The van der Waals surface area contributed by atoms with Gasteiger partial charge in [0.15, 0.2) is 11.6 Å². The number of hydrogen-bond acceptors (Lipinski definition) is 2. The molecule has 2 radical (unpaired) electrons. The molecule has 1 aromatic rings. The second-order valence-corrected chi connectivity index (χ2v) is 6.39. The smallest absolute Gasteiger partial charge is 0.314 e. The van der Waals surface area contributed by atoms with Crippen LogP contribution in [0.15, 0.2) is 18.2 Å². The highest BCUT2D eigenvalue weighted by Gasteiger charge is 2.27. The third-order valence-electron chi connectivity index (χ3n) is 3.78. The Morgan fingerprint density at radius 2 is 1.95 bits per heavy atom. The lowest BCUT2D eigenvalue weighted by Gasteiger charge is -2.26. The van der Waals surface area contributed by atoms with Crippen molar-refractivity contribution in [2.75, 3.05) is 0 Å². The molecule has 0 heterocycles. The van der Waals surface area contributed by atoms with E-state index in [1.54, 1.807) is 0 Å². The highest BCUT2D eigenvalue weighted by molar-refractivity contribution is 6.33. The third-order valence-corrected chi connectivity index (χ3v) is 4.77. The van der Waals surface area contributed by atoms with Crippen LogP contribution in [-0.2, 0) is 4.79 Å². The van der Waals surface area contributed by atoms with Crippen LogP contribution in [0.25, 0.3) is 0 Å². The molecule has 0 saturated heterocycles. The second-order valence-electron chi connectivity index (χ2n) is 5.27. The monoisotopic (exact) mass is 296 g/mol. The van der Waals surface area contributed by atoms with Gasteiger partial charge in [0.05, 0.1) is 5.92 Å². The Kier molecular flexibility index (Phi) is 5.28. The van der Waals surface area contributed by atoms with Crippen LogP contribution in [0.5, 0.6) is 5.75 Å². The molecule has 1 saturated carbocycles. The molecular formula is C15H18F2O2Si. The molecule has 0 unspecified atom stereocenters. The first-order valence-corrected chi connectivity index (χ1v) is 8.62. The van der Waals surface area contributed by atoms with Crippen LogP contribution in [-0.4, -0.2) is 15.5 Å². The Morgan fingerprint density at radius 3 is 2.55 bits per heavy atom. The van der Waals surface area contributed by atoms with Gasteiger partial charge in [-0.3, -0.25) is 4.79 Å². The fourth-order valence-electron chi connectivity index (χ4n) is 2.63. The highest BCUT2D eigenvalue weighted by Crippen LogP contribution is 2.32. The van der Waals surface area contributed by atoms with E-state index in [1.807, 2.05) is 0 Å². The molecule has 2 rings (SSSR count). The SMILES string of the molecule is C[Si]CC1CCC(C(=O)Oc2ccc(F)c(F)c2)CC1. The summed E-state index contributed by atoms with van der Waals surface area (Å²) < 4.78 is 31.0. The van der Waals surface area contributed by atoms with Crippen LogP contribution in [0.4, 0.5) is 8.78 Å². The zero-order valence-electron chi connectivity index (χ0n) is 11.5. The van der Waals surface area contributed by atoms with Crippen molar-refractivity contribution in [3.05, 3.63) is 29.8 Å². The number of benzene rings is 1. The minimum atomic E-state index is -0.997. The minimum Gasteiger partial charge on any atom is -0.426 e. The van der Waals surface area contributed by atoms with Crippen molar-refractivity contribution >= 4 is 15.5 Å². The maximum atomic E-state index is 13.0. The van der Waals surface area contributed by atoms with Crippen LogP contribution >= 0.6 is 0 Å². The second kappa shape index (κ2) is 6.97. The van der Waals surface area contributed by atoms with Gasteiger partial charge in [-0.1, -0.05) is 12.6 Å². The number of rotatable bonds is 4. The Morgan fingerprint density at radius 1 is 1.25 bits per heavy atom. The van der Waals surface area contributed by atoms with Crippen molar-refractivity contribution < 1.29 is 18.3 Å². The van der Waals surface area contributed by atoms with E-state index in [-0.39, 0.29) is 17.6 Å². The first kappa shape index (κ1) is 15.2. The quantitative estimate of drug-likeness (QED) is 0.479. The maximum absolute atomic E-state index is 13.0. The summed E-state index contributed by atoms with van der Waals surface area (Å²) in [7, 11) is 0.957. The molecule has 0 aliphatic heterocycles. The largest absolute Gasteiger partial charge is 0.426 e. The molecule has 0 bridgehead atoms. The Balaban J connectivity index is 1.88. The molecule has 1 aliphatic carbocycles. The van der Waals surface area contributed by atoms with Crippen LogP contribution in [0.1, 0.15) is 25.7 Å². The minimum absolute atomic E-state index is 0.0751. The number of ether oxygens (including phenoxy) is 1. The molecule has 0 atom stereocenters. The van der Waals surface area contributed by atoms with E-state index < -0.39 is 11.6 Å². The molecule has 2 nitrogen and oxygen atoms in total. The molecule has 1 aliphatic rings. The number of halogens is 2. The van der Waals surface area contributed by atoms with E-state index >= 15 is 0 Å². The van der Waals surface area contributed by atoms with Gasteiger partial charge in [-0.2, -0.15) is 0 Å². The maximum Gasteiger partial charge on any atom is 0.314 e. The predicted molar refractivity (Wildman–Crippen MR) is 73.9 cm³/mol. The van der Waals surface area contributed by atoms with Gasteiger partial charge in [0.1, 0.15) is 5.75 Å². The van der Waals surface area contributed by atoms with Gasteiger partial charge in [-0.15, -0.1) is 0 Å². The first-order chi connectivity index (χ1) is 9.60. The van der Waals surface area contributed by atoms with Crippen molar-refractivity contribution in [3.8, 4) is 5.75 Å². The normalized spacial score (nSPS) is 22.6. The van der Waals surface area contributed by atoms with Gasteiger partial charge in [-0.05, 0) is 43.7 Å². The Hall–Kier alpha value is -1.23. The number of hydrogen-bond donors (Lipinski definition) is 0. The topological polar surface area (TPSA) is 26.3 Å². The fourth-order valence-corrected chi connectivity index (χ4v) is 3.62. The van der Waals surface area contributed by atoms with Crippen molar-refractivity contribution in [2.24, 2.45) is 11.8 Å². The average Bonchev–Trinajstić information content (AvgIpc) is 2.44. The van der Waals surface area contributed by atoms with E-state index in [0.29, 0.717) is 0 Å². The van der Waals surface area contributed by atoms with Gasteiger partial charge in [0.25, 0.3) is 0 Å². The van der Waals surface area contributed by atoms with Crippen molar-refractivity contribution in [2.45, 2.75) is 38.3 Å². The van der Waals surface area contributed by atoms with Crippen LogP contribution in [0.3, 0.4) is 0 Å². The van der Waals surface area contributed by atoms with Crippen molar-refractivity contribution in [1.29, 1.82) is 0 Å². The summed E-state index contributed by atoms with van der Waals surface area (Å²) in [6, 6.07) is 4.40. The third kappa shape index (κ3) is 3.88. The zero-order valence-corrected chi connectivity index (χ0v) is 12.5. The van der Waals surface area contributed by atoms with E-state index in [1.165, 1.54) is 12.1 Å². The molecule has 0 N–H and O–H groups in total. The summed E-state index contributed by atoms with van der Waals surface area (Å²) in [5.74, 6) is -1.57. The Bertz CT molecular complexity index is 471. The molecule has 5 heteroatoms. The molecule has 1 aromatic carbocycles. The Labute approximate surface area is 120 Å². The lowest BCUT2D eigenvalue weighted by Crippen LogP contribution is -2.26. The summed E-state index contributed by atoms with van der Waals surface area (Å²) in [4.78, 5) is 12.0. The molecule has 0 spiro atoms. The highest BCUT2D eigenvalue weighted by atomic mass is 28.2. The number of carbonyl (C=O) groups excluding carboxylic acids is 1. The molecule has 1 fully saturated rings. The predicted octanol–water partition coefficient (Wildman–Crippen LogP) is 3.85. The molecule has 108 valence electrons. The van der Waals surface area contributed by atoms with Gasteiger partial charge in [0, 0.05) is 15.6 Å². The number of carbonyl (C=O) groups is 1. The summed E-state index contributed by atoms with van der Waals surface area (Å²) in [5, 5.41) is 0. The summed E-state index contributed by atoms with van der Waals surface area (Å²) in [6.07, 6.45) is 3.77. The lowest BCUT2D eigenvalue weighted by atomic mass is 9.83. The van der Waals surface area contributed by atoms with Crippen LogP contribution < -0.4 is 4.74 Å². The number of esters is 1. The first-order valence-electron chi connectivity index (χ1n) is 6.91. The van der Waals surface area contributed by atoms with Gasteiger partial charge in [-0.25, -0.2) is 8.78 Å². The van der Waals surface area contributed by atoms with Gasteiger partial charge >= 0.3 is 5.97 Å². The van der Waals surface area contributed by atoms with Gasteiger partial charge in [0.2, 0.25) is 0 Å². The molecule has 0 aromatic heterocycles. The van der Waals surface area contributed by atoms with E-state index in [2.05, 4.69) is 6.55 Å². The summed E-state index contributed by atoms with van der Waals surface area (Å²) >= 11 is 0. The van der Waals surface area contributed by atoms with Crippen molar-refractivity contribution in [1.82, 2.24) is 0 Å². The standard InChI is InChI=1S/C15H18F2O2Si/c1-20-9-10-2-4-11(5-3-10)15(18)19-12-6-7-13(16)14(17)8-12/h6-8,10-11H,2-5,9H2,1H3. The van der Waals surface area contributed by atoms with E-state index in [9.17, 15) is 13.6 Å². The van der Waals surface area contributed by atoms with Crippen molar-refractivity contribution in [3.63, 3.8) is 0 Å². The van der Waals surface area contributed by atoms with Gasteiger partial charge < -0.3 is 4.74 Å². The molecule has 20 heavy (non-hydrogen) atoms.